The Labute approximate surface area is 106 Å². The summed E-state index contributed by atoms with van der Waals surface area (Å²) in [5.41, 5.74) is 0.451. The molecule has 0 aromatic carbocycles. The van der Waals surface area contributed by atoms with E-state index in [-0.39, 0.29) is 0 Å². The van der Waals surface area contributed by atoms with Gasteiger partial charge in [0, 0.05) is 31.2 Å². The lowest BCUT2D eigenvalue weighted by Gasteiger charge is -2.48. The molecule has 0 amide bonds. The molecule has 1 saturated heterocycles. The van der Waals surface area contributed by atoms with Crippen LogP contribution in [-0.2, 0) is 0 Å². The van der Waals surface area contributed by atoms with Gasteiger partial charge in [-0.1, -0.05) is 32.8 Å². The van der Waals surface area contributed by atoms with Gasteiger partial charge in [-0.05, 0) is 25.2 Å². The highest BCUT2D eigenvalue weighted by Gasteiger charge is 2.41. The zero-order chi connectivity index (χ0) is 12.3. The van der Waals surface area contributed by atoms with Gasteiger partial charge in [0.15, 0.2) is 0 Å². The average molecular weight is 236 g/mol. The van der Waals surface area contributed by atoms with Crippen molar-refractivity contribution in [2.45, 2.75) is 57.5 Å². The Morgan fingerprint density at radius 3 is 2.71 bits per heavy atom. The molecule has 2 rings (SSSR count). The lowest BCUT2D eigenvalue weighted by atomic mass is 9.89. The lowest BCUT2D eigenvalue weighted by Crippen LogP contribution is -2.64. The van der Waals surface area contributed by atoms with Crippen molar-refractivity contribution in [2.75, 3.05) is 19.6 Å². The summed E-state index contributed by atoms with van der Waals surface area (Å²) >= 11 is 0. The summed E-state index contributed by atoms with van der Waals surface area (Å²) < 4.78 is 0. The number of hydrogen-bond acceptors (Lipinski definition) is 2. The first-order valence-electron chi connectivity index (χ1n) is 7.27. The molecule has 1 aliphatic carbocycles. The first-order valence-corrected chi connectivity index (χ1v) is 7.27. The fourth-order valence-corrected chi connectivity index (χ4v) is 3.56. The van der Waals surface area contributed by atoms with Gasteiger partial charge in [-0.2, -0.15) is 0 Å². The molecule has 2 heteroatoms. The van der Waals surface area contributed by atoms with Gasteiger partial charge in [0.2, 0.25) is 0 Å². The Morgan fingerprint density at radius 1 is 1.41 bits per heavy atom. The monoisotopic (exact) mass is 236 g/mol. The van der Waals surface area contributed by atoms with Crippen LogP contribution in [0.3, 0.4) is 0 Å². The number of nitrogens with one attached hydrogen (secondary N) is 1. The highest BCUT2D eigenvalue weighted by atomic mass is 15.3. The number of hydrogen-bond donors (Lipinski definition) is 1. The molecule has 2 fully saturated rings. The van der Waals surface area contributed by atoms with Crippen LogP contribution < -0.4 is 5.32 Å². The summed E-state index contributed by atoms with van der Waals surface area (Å²) in [6.45, 7) is 12.2. The minimum atomic E-state index is 0.451. The molecule has 98 valence electrons. The highest BCUT2D eigenvalue weighted by molar-refractivity contribution is 5.01. The molecule has 1 unspecified atom stereocenters. The van der Waals surface area contributed by atoms with Crippen LogP contribution in [0, 0.1) is 5.92 Å². The van der Waals surface area contributed by atoms with Crippen LogP contribution in [0.2, 0.25) is 0 Å². The van der Waals surface area contributed by atoms with Crippen molar-refractivity contribution in [3.05, 3.63) is 12.7 Å². The van der Waals surface area contributed by atoms with Gasteiger partial charge in [0.25, 0.3) is 0 Å². The molecule has 1 saturated carbocycles. The Morgan fingerprint density at radius 2 is 2.12 bits per heavy atom. The number of nitrogens with zero attached hydrogens (tertiary/aromatic N) is 1. The zero-order valence-corrected chi connectivity index (χ0v) is 11.5. The maximum absolute atomic E-state index is 3.86. The largest absolute Gasteiger partial charge is 0.308 e. The molecule has 2 aliphatic rings. The smallest absolute Gasteiger partial charge is 0.0309 e. The molecule has 1 atom stereocenters. The van der Waals surface area contributed by atoms with E-state index >= 15 is 0 Å². The Kier molecular flexibility index (Phi) is 4.26. The molecule has 1 N–H and O–H groups in total. The third kappa shape index (κ3) is 2.92. The van der Waals surface area contributed by atoms with Crippen LogP contribution in [0.1, 0.15) is 46.0 Å². The van der Waals surface area contributed by atoms with E-state index in [4.69, 9.17) is 0 Å². The van der Waals surface area contributed by atoms with E-state index in [0.29, 0.717) is 11.6 Å². The molecule has 1 aliphatic heterocycles. The topological polar surface area (TPSA) is 15.3 Å². The molecule has 1 spiro atoms. The molecule has 2 nitrogen and oxygen atoms in total. The van der Waals surface area contributed by atoms with Gasteiger partial charge in [0.1, 0.15) is 0 Å². The van der Waals surface area contributed by atoms with Gasteiger partial charge < -0.3 is 5.32 Å². The summed E-state index contributed by atoms with van der Waals surface area (Å²) in [6, 6.07) is 0.709. The van der Waals surface area contributed by atoms with Crippen molar-refractivity contribution in [3.63, 3.8) is 0 Å². The van der Waals surface area contributed by atoms with Gasteiger partial charge in [-0.3, -0.25) is 4.90 Å². The zero-order valence-electron chi connectivity index (χ0n) is 11.5. The van der Waals surface area contributed by atoms with Crippen molar-refractivity contribution >= 4 is 0 Å². The predicted molar refractivity (Wildman–Crippen MR) is 74.2 cm³/mol. The van der Waals surface area contributed by atoms with Crippen molar-refractivity contribution in [1.82, 2.24) is 10.2 Å². The van der Waals surface area contributed by atoms with Crippen LogP contribution >= 0.6 is 0 Å². The van der Waals surface area contributed by atoms with E-state index in [1.807, 2.05) is 0 Å². The van der Waals surface area contributed by atoms with Crippen molar-refractivity contribution in [2.24, 2.45) is 5.92 Å². The second-order valence-electron chi connectivity index (χ2n) is 6.23. The number of rotatable bonds is 4. The SMILES string of the molecule is C=CCCN1CC2(CCCC2)NCC1C(C)C. The summed E-state index contributed by atoms with van der Waals surface area (Å²) in [5, 5.41) is 3.86. The molecule has 0 bridgehead atoms. The summed E-state index contributed by atoms with van der Waals surface area (Å²) in [7, 11) is 0. The summed E-state index contributed by atoms with van der Waals surface area (Å²) in [4.78, 5) is 2.72. The van der Waals surface area contributed by atoms with Crippen LogP contribution in [0.4, 0.5) is 0 Å². The first-order chi connectivity index (χ1) is 8.17. The lowest BCUT2D eigenvalue weighted by molar-refractivity contribution is 0.0586. The van der Waals surface area contributed by atoms with E-state index in [1.54, 1.807) is 0 Å². The Balaban J connectivity index is 2.01. The fourth-order valence-electron chi connectivity index (χ4n) is 3.56. The number of piperazine rings is 1. The molecular weight excluding hydrogens is 208 g/mol. The van der Waals surface area contributed by atoms with Crippen LogP contribution in [0.5, 0.6) is 0 Å². The van der Waals surface area contributed by atoms with Gasteiger partial charge >= 0.3 is 0 Å². The minimum absolute atomic E-state index is 0.451. The van der Waals surface area contributed by atoms with Gasteiger partial charge in [-0.15, -0.1) is 6.58 Å². The molecule has 17 heavy (non-hydrogen) atoms. The van der Waals surface area contributed by atoms with E-state index in [1.165, 1.54) is 45.3 Å². The van der Waals surface area contributed by atoms with Crippen molar-refractivity contribution < 1.29 is 0 Å². The normalized spacial score (nSPS) is 29.0. The summed E-state index contributed by atoms with van der Waals surface area (Å²) in [5.74, 6) is 0.742. The molecule has 1 heterocycles. The predicted octanol–water partition coefficient (Wildman–Crippen LogP) is 2.81. The van der Waals surface area contributed by atoms with Crippen LogP contribution in [-0.4, -0.2) is 36.1 Å². The first kappa shape index (κ1) is 13.1. The molecule has 0 radical (unpaired) electrons. The second kappa shape index (κ2) is 5.53. The van der Waals surface area contributed by atoms with Crippen LogP contribution in [0.15, 0.2) is 12.7 Å². The Bertz CT molecular complexity index is 254. The fraction of sp³-hybridized carbons (Fsp3) is 0.867. The van der Waals surface area contributed by atoms with Crippen LogP contribution in [0.25, 0.3) is 0 Å². The van der Waals surface area contributed by atoms with Crippen molar-refractivity contribution in [1.29, 1.82) is 0 Å². The molecular formula is C15H28N2. The van der Waals surface area contributed by atoms with Crippen molar-refractivity contribution in [3.8, 4) is 0 Å². The van der Waals surface area contributed by atoms with E-state index in [2.05, 4.69) is 36.7 Å². The van der Waals surface area contributed by atoms with E-state index in [0.717, 1.165) is 12.3 Å². The highest BCUT2D eigenvalue weighted by Crippen LogP contribution is 2.34. The van der Waals surface area contributed by atoms with E-state index < -0.39 is 0 Å². The van der Waals surface area contributed by atoms with Gasteiger partial charge in [0.05, 0.1) is 0 Å². The summed E-state index contributed by atoms with van der Waals surface area (Å²) in [6.07, 6.45) is 8.76. The minimum Gasteiger partial charge on any atom is -0.308 e. The maximum Gasteiger partial charge on any atom is 0.0309 e. The Hall–Kier alpha value is -0.340. The molecule has 0 aromatic rings. The van der Waals surface area contributed by atoms with Gasteiger partial charge in [-0.25, -0.2) is 0 Å². The third-order valence-corrected chi connectivity index (χ3v) is 4.61. The average Bonchev–Trinajstić information content (AvgIpc) is 2.74. The maximum atomic E-state index is 3.86. The van der Waals surface area contributed by atoms with E-state index in [9.17, 15) is 0 Å². The standard InChI is InChI=1S/C15H28N2/c1-4-5-10-17-12-15(8-6-7-9-15)16-11-14(17)13(2)3/h4,13-14,16H,1,5-12H2,2-3H3. The molecule has 0 aromatic heterocycles. The third-order valence-electron chi connectivity index (χ3n) is 4.61. The quantitative estimate of drug-likeness (QED) is 0.755. The second-order valence-corrected chi connectivity index (χ2v) is 6.23.